The van der Waals surface area contributed by atoms with Crippen LogP contribution >= 0.6 is 0 Å². The number of benzene rings is 1. The molecule has 1 aromatic heterocycles. The largest absolute Gasteiger partial charge is 0.417 e. The Kier molecular flexibility index (Phi) is 3.69. The maximum atomic E-state index is 12.3. The van der Waals surface area contributed by atoms with Crippen molar-refractivity contribution in [3.05, 3.63) is 46.0 Å². The number of carbonyl (C=O) groups is 3. The van der Waals surface area contributed by atoms with E-state index in [4.69, 9.17) is 4.42 Å². The highest BCUT2D eigenvalue weighted by Crippen LogP contribution is 2.19. The molecule has 118 valence electrons. The summed E-state index contributed by atoms with van der Waals surface area (Å²) in [6.07, 6.45) is 0.366. The number of aryl methyl sites for hydroxylation is 1. The number of nitrogens with one attached hydrogen (secondary N) is 2. The lowest BCUT2D eigenvalue weighted by atomic mass is 10.0. The van der Waals surface area contributed by atoms with Gasteiger partial charge in [0, 0.05) is 12.0 Å². The third-order valence-corrected chi connectivity index (χ3v) is 3.84. The molecule has 0 spiro atoms. The van der Waals surface area contributed by atoms with Crippen LogP contribution in [-0.4, -0.2) is 23.8 Å². The van der Waals surface area contributed by atoms with Gasteiger partial charge in [-0.15, -0.1) is 0 Å². The van der Waals surface area contributed by atoms with Crippen molar-refractivity contribution in [2.45, 2.75) is 25.8 Å². The minimum Gasteiger partial charge on any atom is -0.417 e. The van der Waals surface area contributed by atoms with Crippen molar-refractivity contribution in [2.75, 3.05) is 0 Å². The van der Waals surface area contributed by atoms with Crippen molar-refractivity contribution >= 4 is 28.5 Å². The topological polar surface area (TPSA) is 105 Å². The minimum atomic E-state index is -0.823. The molecular weight excluding hydrogens is 300 g/mol. The molecule has 2 N–H and O–H groups in total. The summed E-state index contributed by atoms with van der Waals surface area (Å²) in [5, 5.41) is 5.67. The average Bonchev–Trinajstić information content (AvgIpc) is 2.53. The summed E-state index contributed by atoms with van der Waals surface area (Å²) >= 11 is 0. The predicted molar refractivity (Wildman–Crippen MR) is 80.9 cm³/mol. The summed E-state index contributed by atoms with van der Waals surface area (Å²) in [7, 11) is 0. The molecule has 7 nitrogen and oxygen atoms in total. The molecule has 7 heteroatoms. The SMILES string of the molecule is Cc1c(C(=O)NC2CCC(=O)NC2=O)oc(=O)c2ccccc12. The van der Waals surface area contributed by atoms with Gasteiger partial charge in [-0.2, -0.15) is 0 Å². The second-order valence-electron chi connectivity index (χ2n) is 5.37. The number of rotatable bonds is 2. The van der Waals surface area contributed by atoms with Crippen molar-refractivity contribution < 1.29 is 18.8 Å². The molecule has 2 aromatic rings. The van der Waals surface area contributed by atoms with Gasteiger partial charge in [0.2, 0.25) is 11.8 Å². The Morgan fingerprint density at radius 2 is 1.91 bits per heavy atom. The van der Waals surface area contributed by atoms with E-state index in [0.717, 1.165) is 0 Å². The lowest BCUT2D eigenvalue weighted by molar-refractivity contribution is -0.134. The Labute approximate surface area is 130 Å². The molecule has 1 aliphatic heterocycles. The lowest BCUT2D eigenvalue weighted by Gasteiger charge is -2.21. The van der Waals surface area contributed by atoms with E-state index in [1.807, 2.05) is 0 Å². The van der Waals surface area contributed by atoms with Gasteiger partial charge in [0.1, 0.15) is 6.04 Å². The molecule has 3 amide bonds. The number of hydrogen-bond acceptors (Lipinski definition) is 5. The van der Waals surface area contributed by atoms with Crippen LogP contribution in [0.2, 0.25) is 0 Å². The van der Waals surface area contributed by atoms with Gasteiger partial charge in [0.05, 0.1) is 5.39 Å². The summed E-state index contributed by atoms with van der Waals surface area (Å²) in [4.78, 5) is 47.1. The maximum Gasteiger partial charge on any atom is 0.344 e. The van der Waals surface area contributed by atoms with Crippen LogP contribution in [0.1, 0.15) is 29.0 Å². The molecule has 0 bridgehead atoms. The van der Waals surface area contributed by atoms with E-state index < -0.39 is 23.5 Å². The summed E-state index contributed by atoms with van der Waals surface area (Å²) in [5.41, 5.74) is -0.0929. The van der Waals surface area contributed by atoms with Gasteiger partial charge < -0.3 is 9.73 Å². The van der Waals surface area contributed by atoms with Gasteiger partial charge in [0.15, 0.2) is 5.76 Å². The zero-order chi connectivity index (χ0) is 16.6. The molecule has 23 heavy (non-hydrogen) atoms. The molecule has 0 aliphatic carbocycles. The van der Waals surface area contributed by atoms with Crippen molar-refractivity contribution in [1.29, 1.82) is 0 Å². The lowest BCUT2D eigenvalue weighted by Crippen LogP contribution is -2.52. The molecule has 1 fully saturated rings. The maximum absolute atomic E-state index is 12.3. The van der Waals surface area contributed by atoms with Crippen LogP contribution in [0, 0.1) is 6.92 Å². The molecule has 1 aromatic carbocycles. The summed E-state index contributed by atoms with van der Waals surface area (Å²) < 4.78 is 5.11. The number of carbonyl (C=O) groups excluding carboxylic acids is 3. The van der Waals surface area contributed by atoms with E-state index in [0.29, 0.717) is 16.3 Å². The Morgan fingerprint density at radius 1 is 1.22 bits per heavy atom. The first-order chi connectivity index (χ1) is 11.0. The average molecular weight is 314 g/mol. The second-order valence-corrected chi connectivity index (χ2v) is 5.37. The number of hydrogen-bond donors (Lipinski definition) is 2. The molecule has 1 saturated heterocycles. The second kappa shape index (κ2) is 5.68. The van der Waals surface area contributed by atoms with Crippen LogP contribution in [-0.2, 0) is 9.59 Å². The molecule has 2 heterocycles. The van der Waals surface area contributed by atoms with Crippen LogP contribution in [0.3, 0.4) is 0 Å². The highest BCUT2D eigenvalue weighted by atomic mass is 16.4. The first kappa shape index (κ1) is 15.0. The molecule has 1 atom stereocenters. The van der Waals surface area contributed by atoms with Crippen molar-refractivity contribution in [3.8, 4) is 0 Å². The molecular formula is C16H14N2O5. The summed E-state index contributed by atoms with van der Waals surface area (Å²) in [5.74, 6) is -1.71. The van der Waals surface area contributed by atoms with Gasteiger partial charge in [-0.3, -0.25) is 19.7 Å². The van der Waals surface area contributed by atoms with E-state index in [-0.39, 0.29) is 24.5 Å². The monoisotopic (exact) mass is 314 g/mol. The van der Waals surface area contributed by atoms with Crippen molar-refractivity contribution in [1.82, 2.24) is 10.6 Å². The normalized spacial score (nSPS) is 17.9. The van der Waals surface area contributed by atoms with Crippen LogP contribution in [0.25, 0.3) is 10.8 Å². The highest BCUT2D eigenvalue weighted by molar-refractivity contribution is 6.04. The first-order valence-corrected chi connectivity index (χ1v) is 7.14. The fraction of sp³-hybridized carbons (Fsp3) is 0.250. The number of amides is 3. The molecule has 1 aliphatic rings. The van der Waals surface area contributed by atoms with Gasteiger partial charge in [-0.05, 0) is 24.8 Å². The minimum absolute atomic E-state index is 0.126. The first-order valence-electron chi connectivity index (χ1n) is 7.14. The Balaban J connectivity index is 1.92. The van der Waals surface area contributed by atoms with Crippen LogP contribution < -0.4 is 16.3 Å². The zero-order valence-corrected chi connectivity index (χ0v) is 12.3. The Hall–Kier alpha value is -2.96. The summed E-state index contributed by atoms with van der Waals surface area (Å²) in [6, 6.07) is 6.00. The Morgan fingerprint density at radius 3 is 2.61 bits per heavy atom. The van der Waals surface area contributed by atoms with Gasteiger partial charge in [-0.25, -0.2) is 4.79 Å². The van der Waals surface area contributed by atoms with E-state index in [9.17, 15) is 19.2 Å². The van der Waals surface area contributed by atoms with Crippen molar-refractivity contribution in [3.63, 3.8) is 0 Å². The molecule has 3 rings (SSSR count). The van der Waals surface area contributed by atoms with Gasteiger partial charge in [-0.1, -0.05) is 18.2 Å². The van der Waals surface area contributed by atoms with E-state index in [1.54, 1.807) is 31.2 Å². The molecule has 0 saturated carbocycles. The highest BCUT2D eigenvalue weighted by Gasteiger charge is 2.29. The van der Waals surface area contributed by atoms with Crippen LogP contribution in [0.4, 0.5) is 0 Å². The zero-order valence-electron chi connectivity index (χ0n) is 12.3. The smallest absolute Gasteiger partial charge is 0.344 e. The third-order valence-electron chi connectivity index (χ3n) is 3.84. The van der Waals surface area contributed by atoms with Gasteiger partial charge >= 0.3 is 5.63 Å². The standard InChI is InChI=1S/C16H14N2O5/c1-8-9-4-2-3-5-10(9)16(22)23-13(8)15(21)17-11-6-7-12(19)18-14(11)20/h2-5,11H,6-7H2,1H3,(H,17,21)(H,18,19,20). The number of piperidine rings is 1. The van der Waals surface area contributed by atoms with Crippen LogP contribution in [0.15, 0.2) is 33.5 Å². The third kappa shape index (κ3) is 2.73. The number of imide groups is 1. The fourth-order valence-electron chi connectivity index (χ4n) is 2.61. The van der Waals surface area contributed by atoms with E-state index in [2.05, 4.69) is 10.6 Å². The summed E-state index contributed by atoms with van der Waals surface area (Å²) in [6.45, 7) is 1.67. The van der Waals surface area contributed by atoms with Gasteiger partial charge in [0.25, 0.3) is 5.91 Å². The van der Waals surface area contributed by atoms with E-state index >= 15 is 0 Å². The predicted octanol–water partition coefficient (Wildman–Crippen LogP) is 0.636. The van der Waals surface area contributed by atoms with E-state index in [1.165, 1.54) is 0 Å². The Bertz CT molecular complexity index is 884. The van der Waals surface area contributed by atoms with Crippen LogP contribution in [0.5, 0.6) is 0 Å². The molecule has 1 unspecified atom stereocenters. The number of fused-ring (bicyclic) bond motifs is 1. The fourth-order valence-corrected chi connectivity index (χ4v) is 2.61. The quantitative estimate of drug-likeness (QED) is 0.791. The molecule has 0 radical (unpaired) electrons. The van der Waals surface area contributed by atoms with Crippen molar-refractivity contribution in [2.24, 2.45) is 0 Å².